The van der Waals surface area contributed by atoms with E-state index < -0.39 is 11.8 Å². The van der Waals surface area contributed by atoms with E-state index in [0.29, 0.717) is 31.8 Å². The molecule has 0 unspecified atom stereocenters. The predicted molar refractivity (Wildman–Crippen MR) is 101 cm³/mol. The minimum Gasteiger partial charge on any atom is -0.383 e. The molecule has 8 heteroatoms. The van der Waals surface area contributed by atoms with Crippen molar-refractivity contribution in [3.63, 3.8) is 0 Å². The van der Waals surface area contributed by atoms with Gasteiger partial charge < -0.3 is 20.3 Å². The number of ether oxygens (including phenoxy) is 1. The molecule has 2 rings (SSSR count). The summed E-state index contributed by atoms with van der Waals surface area (Å²) in [5, 5.41) is 5.20. The molecule has 0 saturated heterocycles. The molecule has 1 heterocycles. The lowest BCUT2D eigenvalue weighted by atomic mass is 10.2. The van der Waals surface area contributed by atoms with Crippen molar-refractivity contribution in [1.82, 2.24) is 9.88 Å². The van der Waals surface area contributed by atoms with Gasteiger partial charge >= 0.3 is 6.03 Å². The third-order valence-corrected chi connectivity index (χ3v) is 3.79. The van der Waals surface area contributed by atoms with Gasteiger partial charge in [0.25, 0.3) is 0 Å². The van der Waals surface area contributed by atoms with Crippen LogP contribution < -0.4 is 10.6 Å². The van der Waals surface area contributed by atoms with Gasteiger partial charge in [0.05, 0.1) is 12.3 Å². The molecule has 3 amide bonds. The van der Waals surface area contributed by atoms with Gasteiger partial charge in [-0.25, -0.2) is 9.18 Å². The number of carbonyl (C=O) groups is 2. The van der Waals surface area contributed by atoms with Crippen LogP contribution in [0.1, 0.15) is 18.9 Å². The van der Waals surface area contributed by atoms with Gasteiger partial charge in [0.1, 0.15) is 5.82 Å². The SMILES string of the molecule is CCC(=O)Nc1ccc(F)c(NC(=O)N(CCOC)Cc2ccncc2)c1. The largest absolute Gasteiger partial charge is 0.383 e. The van der Waals surface area contributed by atoms with E-state index in [2.05, 4.69) is 15.6 Å². The Balaban J connectivity index is 2.13. The van der Waals surface area contributed by atoms with Gasteiger partial charge in [-0.2, -0.15) is 0 Å². The molecule has 0 saturated carbocycles. The first-order valence-electron chi connectivity index (χ1n) is 8.56. The van der Waals surface area contributed by atoms with Crippen LogP contribution in [-0.4, -0.2) is 42.1 Å². The van der Waals surface area contributed by atoms with Gasteiger partial charge in [-0.3, -0.25) is 9.78 Å². The minimum absolute atomic E-state index is 0.00829. The number of hydrogen-bond donors (Lipinski definition) is 2. The van der Waals surface area contributed by atoms with Crippen LogP contribution in [-0.2, 0) is 16.1 Å². The number of aromatic nitrogens is 1. The molecule has 0 atom stereocenters. The van der Waals surface area contributed by atoms with Crippen LogP contribution in [0.4, 0.5) is 20.6 Å². The number of rotatable bonds is 8. The van der Waals surface area contributed by atoms with Gasteiger partial charge in [-0.1, -0.05) is 6.92 Å². The van der Waals surface area contributed by atoms with E-state index in [9.17, 15) is 14.0 Å². The molecule has 27 heavy (non-hydrogen) atoms. The zero-order chi connectivity index (χ0) is 19.6. The van der Waals surface area contributed by atoms with Crippen molar-refractivity contribution in [2.75, 3.05) is 30.9 Å². The summed E-state index contributed by atoms with van der Waals surface area (Å²) < 4.78 is 19.2. The van der Waals surface area contributed by atoms with E-state index in [1.54, 1.807) is 38.6 Å². The number of methoxy groups -OCH3 is 1. The Bertz CT molecular complexity index is 771. The van der Waals surface area contributed by atoms with E-state index in [1.165, 1.54) is 23.1 Å². The van der Waals surface area contributed by atoms with Crippen molar-refractivity contribution in [3.05, 3.63) is 54.1 Å². The quantitative estimate of drug-likeness (QED) is 0.743. The van der Waals surface area contributed by atoms with Crippen LogP contribution in [0, 0.1) is 5.82 Å². The molecule has 0 fully saturated rings. The van der Waals surface area contributed by atoms with E-state index >= 15 is 0 Å². The Morgan fingerprint density at radius 2 is 1.93 bits per heavy atom. The number of hydrogen-bond acceptors (Lipinski definition) is 4. The van der Waals surface area contributed by atoms with E-state index in [0.717, 1.165) is 5.56 Å². The first-order valence-corrected chi connectivity index (χ1v) is 8.56. The predicted octanol–water partition coefficient (Wildman–Crippen LogP) is 3.25. The number of halogens is 1. The van der Waals surface area contributed by atoms with Crippen molar-refractivity contribution >= 4 is 23.3 Å². The molecule has 0 spiro atoms. The highest BCUT2D eigenvalue weighted by molar-refractivity contribution is 5.93. The maximum absolute atomic E-state index is 14.1. The molecule has 0 aliphatic heterocycles. The van der Waals surface area contributed by atoms with Crippen LogP contribution in [0.2, 0.25) is 0 Å². The highest BCUT2D eigenvalue weighted by Crippen LogP contribution is 2.20. The molecule has 0 bridgehead atoms. The number of urea groups is 1. The molecule has 7 nitrogen and oxygen atoms in total. The van der Waals surface area contributed by atoms with Crippen LogP contribution in [0.5, 0.6) is 0 Å². The summed E-state index contributed by atoms with van der Waals surface area (Å²) in [6.07, 6.45) is 3.58. The fourth-order valence-electron chi connectivity index (χ4n) is 2.30. The summed E-state index contributed by atoms with van der Waals surface area (Å²) in [5.74, 6) is -0.785. The summed E-state index contributed by atoms with van der Waals surface area (Å²) in [4.78, 5) is 29.6. The molecule has 0 aliphatic rings. The maximum atomic E-state index is 14.1. The molecule has 2 aromatic rings. The summed E-state index contributed by atoms with van der Waals surface area (Å²) in [7, 11) is 1.54. The lowest BCUT2D eigenvalue weighted by Crippen LogP contribution is -2.37. The number of nitrogens with zero attached hydrogens (tertiary/aromatic N) is 2. The number of pyridine rings is 1. The lowest BCUT2D eigenvalue weighted by molar-refractivity contribution is -0.115. The topological polar surface area (TPSA) is 83.6 Å². The monoisotopic (exact) mass is 374 g/mol. The zero-order valence-corrected chi connectivity index (χ0v) is 15.4. The first kappa shape index (κ1) is 20.3. The third-order valence-electron chi connectivity index (χ3n) is 3.79. The van der Waals surface area contributed by atoms with E-state index in [4.69, 9.17) is 4.74 Å². The fraction of sp³-hybridized carbons (Fsp3) is 0.316. The standard InChI is InChI=1S/C19H23FN4O3/c1-3-18(25)22-15-4-5-16(20)17(12-15)23-19(26)24(10-11-27-2)13-14-6-8-21-9-7-14/h4-9,12H,3,10-11,13H2,1-2H3,(H,22,25)(H,23,26). The average Bonchev–Trinajstić information content (AvgIpc) is 2.68. The smallest absolute Gasteiger partial charge is 0.322 e. The van der Waals surface area contributed by atoms with Crippen molar-refractivity contribution in [3.8, 4) is 0 Å². The fourth-order valence-corrected chi connectivity index (χ4v) is 2.30. The van der Waals surface area contributed by atoms with Crippen molar-refractivity contribution in [2.24, 2.45) is 0 Å². The molecular weight excluding hydrogens is 351 g/mol. The maximum Gasteiger partial charge on any atom is 0.322 e. The van der Waals surface area contributed by atoms with E-state index in [1.807, 2.05) is 0 Å². The van der Waals surface area contributed by atoms with Crippen LogP contribution in [0.3, 0.4) is 0 Å². The van der Waals surface area contributed by atoms with Gasteiger partial charge in [-0.05, 0) is 35.9 Å². The lowest BCUT2D eigenvalue weighted by Gasteiger charge is -2.23. The second-order valence-corrected chi connectivity index (χ2v) is 5.80. The third kappa shape index (κ3) is 6.34. The Morgan fingerprint density at radius 1 is 1.19 bits per heavy atom. The van der Waals surface area contributed by atoms with Crippen LogP contribution in [0.25, 0.3) is 0 Å². The number of benzene rings is 1. The summed E-state index contributed by atoms with van der Waals surface area (Å²) >= 11 is 0. The van der Waals surface area contributed by atoms with Crippen molar-refractivity contribution in [2.45, 2.75) is 19.9 Å². The van der Waals surface area contributed by atoms with Crippen LogP contribution in [0.15, 0.2) is 42.7 Å². The van der Waals surface area contributed by atoms with Crippen LogP contribution >= 0.6 is 0 Å². The highest BCUT2D eigenvalue weighted by Gasteiger charge is 2.16. The Hall–Kier alpha value is -3.00. The summed E-state index contributed by atoms with van der Waals surface area (Å²) in [5.41, 5.74) is 1.29. The molecule has 1 aromatic carbocycles. The number of anilines is 2. The van der Waals surface area contributed by atoms with E-state index in [-0.39, 0.29) is 11.6 Å². The Labute approximate surface area is 157 Å². The molecular formula is C19H23FN4O3. The molecule has 2 N–H and O–H groups in total. The van der Waals surface area contributed by atoms with Gasteiger partial charge in [0, 0.05) is 44.7 Å². The summed E-state index contributed by atoms with van der Waals surface area (Å²) in [6, 6.07) is 7.16. The molecule has 144 valence electrons. The molecule has 0 radical (unpaired) electrons. The molecule has 1 aromatic heterocycles. The normalized spacial score (nSPS) is 10.3. The summed E-state index contributed by atoms with van der Waals surface area (Å²) in [6.45, 7) is 2.71. The average molecular weight is 374 g/mol. The molecule has 0 aliphatic carbocycles. The number of amides is 3. The second-order valence-electron chi connectivity index (χ2n) is 5.80. The Kier molecular flexibility index (Phi) is 7.69. The first-order chi connectivity index (χ1) is 13.0. The Morgan fingerprint density at radius 3 is 2.59 bits per heavy atom. The minimum atomic E-state index is -0.589. The number of nitrogens with one attached hydrogen (secondary N) is 2. The van der Waals surface area contributed by atoms with Gasteiger partial charge in [0.15, 0.2) is 0 Å². The zero-order valence-electron chi connectivity index (χ0n) is 15.4. The number of carbonyl (C=O) groups excluding carboxylic acids is 2. The van der Waals surface area contributed by atoms with Crippen molar-refractivity contribution < 1.29 is 18.7 Å². The highest BCUT2D eigenvalue weighted by atomic mass is 19.1. The van der Waals surface area contributed by atoms with Gasteiger partial charge in [-0.15, -0.1) is 0 Å². The van der Waals surface area contributed by atoms with Gasteiger partial charge in [0.2, 0.25) is 5.91 Å². The van der Waals surface area contributed by atoms with Crippen molar-refractivity contribution in [1.29, 1.82) is 0 Å². The second kappa shape index (κ2) is 10.2.